The van der Waals surface area contributed by atoms with Gasteiger partial charge >= 0.3 is 0 Å². The van der Waals surface area contributed by atoms with Gasteiger partial charge in [-0.1, -0.05) is 310 Å². The summed E-state index contributed by atoms with van der Waals surface area (Å²) in [5.41, 5.74) is 0. The molecule has 1 aliphatic rings. The molecule has 71 heavy (non-hydrogen) atoms. The monoisotopic (exact) mass is 1000 g/mol. The standard InChI is InChI=1S/C66H137N5/c1-5-9-13-17-21-25-29-33-37-41-45-49-53-67-54-58-70-62-65-71(66-63-70)64-61-69(57-52-48-44-40-36-32-28-24-20-16-12-8-4)60-59-68(55-50-46-42-38-34-30-26-22-18-14-10-6-2)56-51-47-43-39-35-31-27-23-19-15-11-7-3/h67H,5-66H2,1-4H3. The Bertz CT molecular complexity index is 924. The molecule has 1 saturated heterocycles. The first kappa shape index (κ1) is 68.8. The molecule has 0 aromatic carbocycles. The van der Waals surface area contributed by atoms with Gasteiger partial charge in [-0.3, -0.25) is 9.80 Å². The quantitative estimate of drug-likeness (QED) is 0.0612. The van der Waals surface area contributed by atoms with Crippen molar-refractivity contribution in [1.82, 2.24) is 24.9 Å². The molecule has 5 heteroatoms. The van der Waals surface area contributed by atoms with E-state index in [1.807, 2.05) is 0 Å². The van der Waals surface area contributed by atoms with Gasteiger partial charge in [0.15, 0.2) is 0 Å². The van der Waals surface area contributed by atoms with Crippen molar-refractivity contribution in [3.8, 4) is 0 Å². The van der Waals surface area contributed by atoms with E-state index in [9.17, 15) is 0 Å². The molecule has 0 aliphatic carbocycles. The fraction of sp³-hybridized carbons (Fsp3) is 1.00. The minimum atomic E-state index is 1.17. The van der Waals surface area contributed by atoms with Crippen LogP contribution in [0.1, 0.15) is 336 Å². The zero-order valence-corrected chi connectivity index (χ0v) is 50.1. The highest BCUT2D eigenvalue weighted by atomic mass is 15.3. The van der Waals surface area contributed by atoms with E-state index in [1.165, 1.54) is 400 Å². The van der Waals surface area contributed by atoms with Crippen molar-refractivity contribution < 1.29 is 0 Å². The second kappa shape index (κ2) is 59.1. The summed E-state index contributed by atoms with van der Waals surface area (Å²) >= 11 is 0. The predicted octanol–water partition coefficient (Wildman–Crippen LogP) is 19.6. The molecule has 0 aromatic heterocycles. The van der Waals surface area contributed by atoms with E-state index in [0.29, 0.717) is 0 Å². The Morgan fingerprint density at radius 1 is 0.225 bits per heavy atom. The van der Waals surface area contributed by atoms with E-state index in [1.54, 1.807) is 0 Å². The molecule has 0 amide bonds. The van der Waals surface area contributed by atoms with Crippen molar-refractivity contribution in [1.29, 1.82) is 0 Å². The summed E-state index contributed by atoms with van der Waals surface area (Å²) in [7, 11) is 0. The van der Waals surface area contributed by atoms with E-state index in [0.717, 1.165) is 0 Å². The molecule has 0 radical (unpaired) electrons. The highest BCUT2D eigenvalue weighted by molar-refractivity contribution is 4.75. The maximum Gasteiger partial charge on any atom is 0.0110 e. The van der Waals surface area contributed by atoms with Crippen LogP contribution >= 0.6 is 0 Å². The van der Waals surface area contributed by atoms with Crippen molar-refractivity contribution in [2.45, 2.75) is 336 Å². The fourth-order valence-electron chi connectivity index (χ4n) is 11.5. The van der Waals surface area contributed by atoms with Crippen LogP contribution in [0.4, 0.5) is 0 Å². The van der Waals surface area contributed by atoms with Crippen LogP contribution in [0.2, 0.25) is 0 Å². The molecular weight excluding hydrogens is 863 g/mol. The third kappa shape index (κ3) is 51.7. The van der Waals surface area contributed by atoms with Gasteiger partial charge in [0, 0.05) is 65.4 Å². The summed E-state index contributed by atoms with van der Waals surface area (Å²) in [6.45, 7) is 27.0. The molecule has 5 nitrogen and oxygen atoms in total. The van der Waals surface area contributed by atoms with E-state index >= 15 is 0 Å². The first-order chi connectivity index (χ1) is 35.2. The highest BCUT2D eigenvalue weighted by Gasteiger charge is 2.18. The first-order valence-corrected chi connectivity index (χ1v) is 33.8. The summed E-state index contributed by atoms with van der Waals surface area (Å²) in [6, 6.07) is 0. The number of piperazine rings is 1. The molecule has 0 unspecified atom stereocenters. The average Bonchev–Trinajstić information content (AvgIpc) is 3.39. The van der Waals surface area contributed by atoms with Gasteiger partial charge in [-0.25, -0.2) is 0 Å². The van der Waals surface area contributed by atoms with Gasteiger partial charge in [0.05, 0.1) is 0 Å². The molecule has 0 aromatic rings. The van der Waals surface area contributed by atoms with E-state index in [4.69, 9.17) is 0 Å². The molecule has 1 N–H and O–H groups in total. The normalized spacial score (nSPS) is 13.8. The number of nitrogens with one attached hydrogen (secondary N) is 1. The Balaban J connectivity index is 2.52. The van der Waals surface area contributed by atoms with Crippen LogP contribution in [0.3, 0.4) is 0 Å². The van der Waals surface area contributed by atoms with Crippen molar-refractivity contribution >= 4 is 0 Å². The van der Waals surface area contributed by atoms with Gasteiger partial charge < -0.3 is 15.1 Å². The SMILES string of the molecule is CCCCCCCCCCCCCCNCCN1CCN(CCN(CCCCCCCCCCCCCC)CCN(CCCCCCCCCCCCCC)CCCCCCCCCCCCCC)CC1. The molecule has 0 bridgehead atoms. The second-order valence-corrected chi connectivity index (χ2v) is 23.7. The summed E-state index contributed by atoms with van der Waals surface area (Å²) < 4.78 is 0. The second-order valence-electron chi connectivity index (χ2n) is 23.7. The van der Waals surface area contributed by atoms with Crippen LogP contribution in [-0.2, 0) is 0 Å². The number of rotatable bonds is 61. The molecule has 1 rings (SSSR count). The molecule has 426 valence electrons. The van der Waals surface area contributed by atoms with Crippen LogP contribution < -0.4 is 5.32 Å². The number of hydrogen-bond acceptors (Lipinski definition) is 5. The molecule has 0 spiro atoms. The third-order valence-electron chi connectivity index (χ3n) is 16.7. The third-order valence-corrected chi connectivity index (χ3v) is 16.7. The van der Waals surface area contributed by atoms with Crippen molar-refractivity contribution in [3.63, 3.8) is 0 Å². The largest absolute Gasteiger partial charge is 0.315 e. The fourth-order valence-corrected chi connectivity index (χ4v) is 11.5. The van der Waals surface area contributed by atoms with Crippen LogP contribution in [0.25, 0.3) is 0 Å². The van der Waals surface area contributed by atoms with Gasteiger partial charge in [-0.2, -0.15) is 0 Å². The zero-order chi connectivity index (χ0) is 50.9. The number of nitrogens with zero attached hydrogens (tertiary/aromatic N) is 4. The summed E-state index contributed by atoms with van der Waals surface area (Å²) in [6.07, 6.45) is 69.3. The Morgan fingerprint density at radius 3 is 0.732 bits per heavy atom. The summed E-state index contributed by atoms with van der Waals surface area (Å²) in [5.74, 6) is 0. The lowest BCUT2D eigenvalue weighted by molar-refractivity contribution is 0.114. The Hall–Kier alpha value is -0.200. The zero-order valence-electron chi connectivity index (χ0n) is 50.1. The van der Waals surface area contributed by atoms with Crippen LogP contribution in [0.5, 0.6) is 0 Å². The van der Waals surface area contributed by atoms with Gasteiger partial charge in [-0.05, 0) is 51.9 Å². The Labute approximate surface area is 450 Å². The minimum absolute atomic E-state index is 1.17. The maximum atomic E-state index is 3.79. The molecule has 0 saturated carbocycles. The van der Waals surface area contributed by atoms with Crippen LogP contribution in [0, 0.1) is 0 Å². The topological polar surface area (TPSA) is 25.0 Å². The maximum absolute atomic E-state index is 3.79. The van der Waals surface area contributed by atoms with Crippen molar-refractivity contribution in [3.05, 3.63) is 0 Å². The van der Waals surface area contributed by atoms with Crippen LogP contribution in [0.15, 0.2) is 0 Å². The Kier molecular flexibility index (Phi) is 57.2. The van der Waals surface area contributed by atoms with Gasteiger partial charge in [0.25, 0.3) is 0 Å². The lowest BCUT2D eigenvalue weighted by atomic mass is 10.0. The molecule has 1 fully saturated rings. The van der Waals surface area contributed by atoms with E-state index in [2.05, 4.69) is 52.6 Å². The van der Waals surface area contributed by atoms with Gasteiger partial charge in [0.1, 0.15) is 0 Å². The average molecular weight is 1000 g/mol. The molecule has 1 aliphatic heterocycles. The minimum Gasteiger partial charge on any atom is -0.315 e. The molecule has 1 heterocycles. The molecule has 0 atom stereocenters. The van der Waals surface area contributed by atoms with Gasteiger partial charge in [-0.15, -0.1) is 0 Å². The van der Waals surface area contributed by atoms with Crippen molar-refractivity contribution in [2.75, 3.05) is 91.6 Å². The van der Waals surface area contributed by atoms with Gasteiger partial charge in [0.2, 0.25) is 0 Å². The lowest BCUT2D eigenvalue weighted by Gasteiger charge is -2.36. The predicted molar refractivity (Wildman–Crippen MR) is 323 cm³/mol. The van der Waals surface area contributed by atoms with Crippen LogP contribution in [-0.4, -0.2) is 111 Å². The van der Waals surface area contributed by atoms with E-state index in [-0.39, 0.29) is 0 Å². The van der Waals surface area contributed by atoms with Crippen molar-refractivity contribution in [2.24, 2.45) is 0 Å². The summed E-state index contributed by atoms with van der Waals surface area (Å²) in [4.78, 5) is 11.4. The van der Waals surface area contributed by atoms with E-state index < -0.39 is 0 Å². The smallest absolute Gasteiger partial charge is 0.0110 e. The highest BCUT2D eigenvalue weighted by Crippen LogP contribution is 2.17. The first-order valence-electron chi connectivity index (χ1n) is 33.8. The number of unbranched alkanes of at least 4 members (excludes halogenated alkanes) is 44. The Morgan fingerprint density at radius 2 is 0.451 bits per heavy atom. The lowest BCUT2D eigenvalue weighted by Crippen LogP contribution is -2.50. The molecular formula is C66H137N5. The number of hydrogen-bond donors (Lipinski definition) is 1. The summed E-state index contributed by atoms with van der Waals surface area (Å²) in [5, 5.41) is 3.79.